The molecule has 2 heteroatoms. The molecule has 0 heterocycles. The summed E-state index contributed by atoms with van der Waals surface area (Å²) in [5, 5.41) is 0. The van der Waals surface area contributed by atoms with Gasteiger partial charge in [-0.2, -0.15) is 0 Å². The van der Waals surface area contributed by atoms with Gasteiger partial charge >= 0.3 is 0 Å². The summed E-state index contributed by atoms with van der Waals surface area (Å²) in [5.74, 6) is 0. The van der Waals surface area contributed by atoms with Crippen LogP contribution in [0.3, 0.4) is 0 Å². The summed E-state index contributed by atoms with van der Waals surface area (Å²) in [4.78, 5) is 0. The predicted molar refractivity (Wildman–Crippen MR) is 55.1 cm³/mol. The van der Waals surface area contributed by atoms with Crippen molar-refractivity contribution in [3.63, 3.8) is 0 Å². The molecule has 1 rings (SSSR count). The summed E-state index contributed by atoms with van der Waals surface area (Å²) in [6.07, 6.45) is 2.29. The molecule has 2 N–H and O–H groups in total. The standard InChI is InChI=1S/C10H14.BH2N/c1-3-9-5-7-10(4-2)8-6-9;1-2/h5-8H,3-4H2,1-2H3;2H2. The van der Waals surface area contributed by atoms with E-state index in [9.17, 15) is 0 Å². The first-order chi connectivity index (χ1) is 5.86. The molecule has 2 radical (unpaired) electrons. The SMILES string of the molecule is CCc1ccc(CC)cc1.[B]N. The normalized spacial score (nSPS) is 8.58. The van der Waals surface area contributed by atoms with Crippen LogP contribution in [0.5, 0.6) is 0 Å². The third kappa shape index (κ3) is 3.58. The lowest BCUT2D eigenvalue weighted by Crippen LogP contribution is -1.81. The number of benzene rings is 1. The van der Waals surface area contributed by atoms with Crippen LogP contribution in [0.2, 0.25) is 0 Å². The van der Waals surface area contributed by atoms with Crippen molar-refractivity contribution in [1.82, 2.24) is 0 Å². The summed E-state index contributed by atoms with van der Waals surface area (Å²) in [6.45, 7) is 4.36. The molecular formula is C10H16BN. The minimum Gasteiger partial charge on any atom is -0.380 e. The molecule has 0 spiro atoms. The fraction of sp³-hybridized carbons (Fsp3) is 0.400. The van der Waals surface area contributed by atoms with Crippen LogP contribution in [0.4, 0.5) is 0 Å². The second-order valence-electron chi connectivity index (χ2n) is 2.52. The molecule has 0 bridgehead atoms. The highest BCUT2D eigenvalue weighted by Crippen LogP contribution is 2.04. The maximum Gasteiger partial charge on any atom is 0.174 e. The maximum absolute atomic E-state index is 4.00. The summed E-state index contributed by atoms with van der Waals surface area (Å²) in [5.41, 5.74) is 6.86. The molecule has 0 unspecified atom stereocenters. The smallest absolute Gasteiger partial charge is 0.174 e. The summed E-state index contributed by atoms with van der Waals surface area (Å²) < 4.78 is 0. The van der Waals surface area contributed by atoms with Gasteiger partial charge in [-0.15, -0.1) is 0 Å². The highest BCUT2D eigenvalue weighted by atomic mass is 14.3. The monoisotopic (exact) mass is 161 g/mol. The topological polar surface area (TPSA) is 26.0 Å². The van der Waals surface area contributed by atoms with Crippen LogP contribution in [0, 0.1) is 0 Å². The van der Waals surface area contributed by atoms with E-state index in [4.69, 9.17) is 0 Å². The first kappa shape index (κ1) is 11.2. The third-order valence-electron chi connectivity index (χ3n) is 1.84. The Morgan fingerprint density at radius 1 is 0.917 bits per heavy atom. The van der Waals surface area contributed by atoms with Crippen LogP contribution in [-0.2, 0) is 12.8 Å². The van der Waals surface area contributed by atoms with Crippen LogP contribution in [0.25, 0.3) is 0 Å². The Labute approximate surface area is 76.4 Å². The Hall–Kier alpha value is -0.755. The molecule has 0 atom stereocenters. The lowest BCUT2D eigenvalue weighted by Gasteiger charge is -1.97. The summed E-state index contributed by atoms with van der Waals surface area (Å²) >= 11 is 0. The lowest BCUT2D eigenvalue weighted by molar-refractivity contribution is 1.10. The molecule has 1 aromatic rings. The van der Waals surface area contributed by atoms with Crippen molar-refractivity contribution in [3.05, 3.63) is 35.4 Å². The van der Waals surface area contributed by atoms with E-state index in [-0.39, 0.29) is 0 Å². The van der Waals surface area contributed by atoms with Crippen molar-refractivity contribution in [1.29, 1.82) is 0 Å². The molecule has 0 aromatic heterocycles. The average Bonchev–Trinajstić information content (AvgIpc) is 2.21. The van der Waals surface area contributed by atoms with E-state index in [1.54, 1.807) is 0 Å². The van der Waals surface area contributed by atoms with Crippen molar-refractivity contribution in [3.8, 4) is 0 Å². The van der Waals surface area contributed by atoms with Crippen LogP contribution in [0.15, 0.2) is 24.3 Å². The van der Waals surface area contributed by atoms with Gasteiger partial charge in [0.2, 0.25) is 0 Å². The molecule has 0 aliphatic carbocycles. The number of hydrogen-bond acceptors (Lipinski definition) is 1. The quantitative estimate of drug-likeness (QED) is 0.658. The molecule has 1 aromatic carbocycles. The minimum absolute atomic E-state index is 1.14. The number of rotatable bonds is 2. The van der Waals surface area contributed by atoms with Crippen molar-refractivity contribution >= 4 is 7.98 Å². The van der Waals surface area contributed by atoms with Gasteiger partial charge < -0.3 is 5.64 Å². The fourth-order valence-corrected chi connectivity index (χ4v) is 1.01. The van der Waals surface area contributed by atoms with Gasteiger partial charge in [0.15, 0.2) is 7.98 Å². The van der Waals surface area contributed by atoms with Gasteiger partial charge in [-0.05, 0) is 24.0 Å². The maximum atomic E-state index is 4.00. The second kappa shape index (κ2) is 6.92. The van der Waals surface area contributed by atoms with Gasteiger partial charge in [-0.3, -0.25) is 0 Å². The zero-order chi connectivity index (χ0) is 9.40. The number of aryl methyl sites for hydroxylation is 2. The van der Waals surface area contributed by atoms with Crippen molar-refractivity contribution in [2.24, 2.45) is 5.64 Å². The zero-order valence-electron chi connectivity index (χ0n) is 7.88. The first-order valence-corrected chi connectivity index (χ1v) is 4.28. The minimum atomic E-state index is 1.14. The van der Waals surface area contributed by atoms with Gasteiger partial charge in [0.1, 0.15) is 0 Å². The average molecular weight is 161 g/mol. The zero-order valence-corrected chi connectivity index (χ0v) is 7.88. The molecule has 12 heavy (non-hydrogen) atoms. The second-order valence-corrected chi connectivity index (χ2v) is 2.52. The van der Waals surface area contributed by atoms with E-state index in [0.29, 0.717) is 0 Å². The summed E-state index contributed by atoms with van der Waals surface area (Å²) in [6, 6.07) is 8.83. The van der Waals surface area contributed by atoms with E-state index in [0.717, 1.165) is 12.8 Å². The van der Waals surface area contributed by atoms with Gasteiger partial charge in [0.05, 0.1) is 0 Å². The van der Waals surface area contributed by atoms with E-state index in [1.807, 2.05) is 0 Å². The summed E-state index contributed by atoms with van der Waals surface area (Å²) in [7, 11) is 4.00. The molecule has 0 aliphatic rings. The Morgan fingerprint density at radius 3 is 1.33 bits per heavy atom. The van der Waals surface area contributed by atoms with Crippen LogP contribution in [-0.4, -0.2) is 7.98 Å². The van der Waals surface area contributed by atoms with E-state index < -0.39 is 0 Å². The fourth-order valence-electron chi connectivity index (χ4n) is 1.01. The molecule has 0 fully saturated rings. The first-order valence-electron chi connectivity index (χ1n) is 4.28. The van der Waals surface area contributed by atoms with Crippen LogP contribution >= 0.6 is 0 Å². The highest BCUT2D eigenvalue weighted by molar-refractivity contribution is 6.02. The highest BCUT2D eigenvalue weighted by Gasteiger charge is 1.88. The van der Waals surface area contributed by atoms with E-state index in [2.05, 4.69) is 51.7 Å². The Morgan fingerprint density at radius 2 is 1.17 bits per heavy atom. The van der Waals surface area contributed by atoms with Crippen molar-refractivity contribution < 1.29 is 0 Å². The Bertz CT molecular complexity index is 170. The Kier molecular flexibility index (Phi) is 6.49. The molecule has 0 amide bonds. The van der Waals surface area contributed by atoms with Crippen molar-refractivity contribution in [2.75, 3.05) is 0 Å². The van der Waals surface area contributed by atoms with Crippen LogP contribution < -0.4 is 5.64 Å². The molecule has 64 valence electrons. The van der Waals surface area contributed by atoms with Crippen LogP contribution in [0.1, 0.15) is 25.0 Å². The number of nitrogens with two attached hydrogens (primary N) is 1. The van der Waals surface area contributed by atoms with E-state index in [1.165, 1.54) is 11.1 Å². The third-order valence-corrected chi connectivity index (χ3v) is 1.84. The van der Waals surface area contributed by atoms with Crippen molar-refractivity contribution in [2.45, 2.75) is 26.7 Å². The molecule has 0 aliphatic heterocycles. The van der Waals surface area contributed by atoms with E-state index >= 15 is 0 Å². The molecule has 1 nitrogen and oxygen atoms in total. The van der Waals surface area contributed by atoms with Gasteiger partial charge in [0, 0.05) is 0 Å². The van der Waals surface area contributed by atoms with Gasteiger partial charge in [0.25, 0.3) is 0 Å². The number of hydrogen-bond donors (Lipinski definition) is 1. The molecular weight excluding hydrogens is 145 g/mol. The van der Waals surface area contributed by atoms with Gasteiger partial charge in [-0.1, -0.05) is 38.1 Å². The van der Waals surface area contributed by atoms with Gasteiger partial charge in [-0.25, -0.2) is 0 Å². The molecule has 0 saturated carbocycles. The predicted octanol–water partition coefficient (Wildman–Crippen LogP) is 1.84. The largest absolute Gasteiger partial charge is 0.380 e. The Balaban J connectivity index is 0.000000561. The molecule has 0 saturated heterocycles. The lowest BCUT2D eigenvalue weighted by atomic mass is 10.1.